The van der Waals surface area contributed by atoms with Crippen molar-refractivity contribution < 1.29 is 14.6 Å². The fourth-order valence-corrected chi connectivity index (χ4v) is 5.04. The summed E-state index contributed by atoms with van der Waals surface area (Å²) in [5.41, 5.74) is 4.33. The maximum Gasteiger partial charge on any atom is 0.258 e. The van der Waals surface area contributed by atoms with Crippen molar-refractivity contribution in [3.8, 4) is 11.5 Å². The molecule has 2 aliphatic rings. The molecule has 0 bridgehead atoms. The van der Waals surface area contributed by atoms with Gasteiger partial charge in [-0.3, -0.25) is 9.89 Å². The molecule has 2 aromatic carbocycles. The van der Waals surface area contributed by atoms with E-state index < -0.39 is 0 Å². The van der Waals surface area contributed by atoms with E-state index in [2.05, 4.69) is 15.1 Å². The smallest absolute Gasteiger partial charge is 0.258 e. The Morgan fingerprint density at radius 3 is 2.76 bits per heavy atom. The zero-order valence-corrected chi connectivity index (χ0v) is 19.4. The minimum Gasteiger partial charge on any atom is -0.507 e. The van der Waals surface area contributed by atoms with E-state index in [1.165, 1.54) is 25.7 Å². The van der Waals surface area contributed by atoms with Gasteiger partial charge < -0.3 is 19.6 Å². The molecule has 0 spiro atoms. The zero-order valence-electron chi connectivity index (χ0n) is 19.4. The standard InChI is InChI=1S/C26H32N4O3/c1-29(2)9-10-33-20-8-7-18-15-30(16-19(18)12-20)26(32)22-13-21-23(11-17-5-3-4-6-17)27-28-24(21)14-25(22)31/h7-8,12-14,17,31H,3-6,9-11,15-16H2,1-2H3,(H,27,28). The lowest BCUT2D eigenvalue weighted by molar-refractivity contribution is 0.0748. The number of hydrogen-bond donors (Lipinski definition) is 2. The van der Waals surface area contributed by atoms with Crippen molar-refractivity contribution >= 4 is 16.8 Å². The average molecular weight is 449 g/mol. The Balaban J connectivity index is 1.33. The van der Waals surface area contributed by atoms with Crippen LogP contribution < -0.4 is 4.74 Å². The summed E-state index contributed by atoms with van der Waals surface area (Å²) >= 11 is 0. The fraction of sp³-hybridized carbons (Fsp3) is 0.462. The van der Waals surface area contributed by atoms with E-state index in [-0.39, 0.29) is 11.7 Å². The summed E-state index contributed by atoms with van der Waals surface area (Å²) in [5, 5.41) is 19.1. The molecule has 1 aliphatic carbocycles. The summed E-state index contributed by atoms with van der Waals surface area (Å²) in [6, 6.07) is 9.48. The van der Waals surface area contributed by atoms with Gasteiger partial charge in [-0.25, -0.2) is 0 Å². The molecule has 7 nitrogen and oxygen atoms in total. The van der Waals surface area contributed by atoms with Crippen LogP contribution in [0, 0.1) is 5.92 Å². The largest absolute Gasteiger partial charge is 0.507 e. The van der Waals surface area contributed by atoms with Crippen molar-refractivity contribution in [1.82, 2.24) is 20.0 Å². The molecule has 1 aliphatic heterocycles. The number of aromatic nitrogens is 2. The summed E-state index contributed by atoms with van der Waals surface area (Å²) in [6.07, 6.45) is 5.98. The number of H-pyrrole nitrogens is 1. The molecule has 0 radical (unpaired) electrons. The molecule has 2 N–H and O–H groups in total. The lowest BCUT2D eigenvalue weighted by Crippen LogP contribution is -2.25. The Morgan fingerprint density at radius 2 is 1.97 bits per heavy atom. The first-order valence-electron chi connectivity index (χ1n) is 11.9. The van der Waals surface area contributed by atoms with E-state index in [0.29, 0.717) is 31.2 Å². The van der Waals surface area contributed by atoms with Gasteiger partial charge in [-0.1, -0.05) is 31.7 Å². The molecule has 1 saturated carbocycles. The topological polar surface area (TPSA) is 81.7 Å². The Hall–Kier alpha value is -3.06. The van der Waals surface area contributed by atoms with Crippen LogP contribution in [0.4, 0.5) is 0 Å². The van der Waals surface area contributed by atoms with Crippen LogP contribution >= 0.6 is 0 Å². The normalized spacial score (nSPS) is 16.2. The van der Waals surface area contributed by atoms with Crippen LogP contribution in [0.2, 0.25) is 0 Å². The number of ether oxygens (including phenoxy) is 1. The number of nitrogens with zero attached hydrogens (tertiary/aromatic N) is 3. The summed E-state index contributed by atoms with van der Waals surface area (Å²) in [7, 11) is 4.03. The van der Waals surface area contributed by atoms with E-state index >= 15 is 0 Å². The third-order valence-electron chi connectivity index (χ3n) is 6.94. The summed E-state index contributed by atoms with van der Waals surface area (Å²) in [6.45, 7) is 2.51. The lowest BCUT2D eigenvalue weighted by Gasteiger charge is -2.16. The van der Waals surface area contributed by atoms with Gasteiger partial charge in [0, 0.05) is 31.1 Å². The molecular weight excluding hydrogens is 416 g/mol. The van der Waals surface area contributed by atoms with Crippen molar-refractivity contribution in [2.24, 2.45) is 5.92 Å². The highest BCUT2D eigenvalue weighted by atomic mass is 16.5. The van der Waals surface area contributed by atoms with Crippen LogP contribution in [0.5, 0.6) is 11.5 Å². The van der Waals surface area contributed by atoms with Gasteiger partial charge in [-0.2, -0.15) is 5.10 Å². The number of aromatic amines is 1. The predicted molar refractivity (Wildman–Crippen MR) is 127 cm³/mol. The number of benzene rings is 2. The van der Waals surface area contributed by atoms with Crippen molar-refractivity contribution in [2.75, 3.05) is 27.2 Å². The summed E-state index contributed by atoms with van der Waals surface area (Å²) in [4.78, 5) is 17.3. The average Bonchev–Trinajstić information content (AvgIpc) is 3.53. The van der Waals surface area contributed by atoms with Gasteiger partial charge in [0.05, 0.1) is 16.8 Å². The van der Waals surface area contributed by atoms with E-state index in [0.717, 1.165) is 46.4 Å². The number of rotatable bonds is 7. The molecule has 0 unspecified atom stereocenters. The molecule has 174 valence electrons. The van der Waals surface area contributed by atoms with Gasteiger partial charge in [-0.15, -0.1) is 0 Å². The van der Waals surface area contributed by atoms with Gasteiger partial charge in [0.1, 0.15) is 18.1 Å². The number of likely N-dealkylation sites (N-methyl/N-ethyl adjacent to an activating group) is 1. The van der Waals surface area contributed by atoms with Crippen LogP contribution in [0.25, 0.3) is 10.9 Å². The van der Waals surface area contributed by atoms with Gasteiger partial charge >= 0.3 is 0 Å². The van der Waals surface area contributed by atoms with Crippen LogP contribution in [-0.4, -0.2) is 58.3 Å². The quantitative estimate of drug-likeness (QED) is 0.569. The maximum atomic E-state index is 13.4. The van der Waals surface area contributed by atoms with Crippen molar-refractivity contribution in [2.45, 2.75) is 45.2 Å². The SMILES string of the molecule is CN(C)CCOc1ccc2c(c1)CN(C(=O)c1cc3c(CC4CCCC4)n[nH]c3cc1O)C2. The van der Waals surface area contributed by atoms with Crippen molar-refractivity contribution in [1.29, 1.82) is 0 Å². The van der Waals surface area contributed by atoms with Gasteiger partial charge in [0.2, 0.25) is 0 Å². The highest BCUT2D eigenvalue weighted by molar-refractivity contribution is 6.01. The number of hydrogen-bond acceptors (Lipinski definition) is 5. The third kappa shape index (κ3) is 4.55. The van der Waals surface area contributed by atoms with Gasteiger partial charge in [-0.05, 0) is 55.8 Å². The second-order valence-corrected chi connectivity index (χ2v) is 9.68. The Bertz CT molecular complexity index is 1160. The second kappa shape index (κ2) is 9.06. The van der Waals surface area contributed by atoms with E-state index in [4.69, 9.17) is 4.74 Å². The van der Waals surface area contributed by atoms with Crippen LogP contribution in [-0.2, 0) is 19.5 Å². The highest BCUT2D eigenvalue weighted by Gasteiger charge is 2.27. The lowest BCUT2D eigenvalue weighted by atomic mass is 9.99. The van der Waals surface area contributed by atoms with E-state index in [1.54, 1.807) is 11.0 Å². The van der Waals surface area contributed by atoms with Crippen LogP contribution in [0.1, 0.15) is 52.9 Å². The minimum atomic E-state index is -0.159. The number of phenols is 1. The molecule has 1 aromatic heterocycles. The molecule has 0 atom stereocenters. The van der Waals surface area contributed by atoms with E-state index in [1.807, 2.05) is 38.4 Å². The first-order chi connectivity index (χ1) is 16.0. The molecule has 5 rings (SSSR count). The van der Waals surface area contributed by atoms with Gasteiger partial charge in [0.25, 0.3) is 5.91 Å². The maximum absolute atomic E-state index is 13.4. The number of carbonyl (C=O) groups excluding carboxylic acids is 1. The highest BCUT2D eigenvalue weighted by Crippen LogP contribution is 2.34. The van der Waals surface area contributed by atoms with Crippen molar-refractivity contribution in [3.05, 3.63) is 52.7 Å². The number of phenolic OH excluding ortho intramolecular Hbond substituents is 1. The fourth-order valence-electron chi connectivity index (χ4n) is 5.04. The Kier molecular flexibility index (Phi) is 5.98. The number of fused-ring (bicyclic) bond motifs is 2. The van der Waals surface area contributed by atoms with Crippen LogP contribution in [0.3, 0.4) is 0 Å². The zero-order chi connectivity index (χ0) is 22.9. The molecular formula is C26H32N4O3. The number of carbonyl (C=O) groups is 1. The first kappa shape index (κ1) is 21.8. The van der Waals surface area contributed by atoms with Crippen molar-refractivity contribution in [3.63, 3.8) is 0 Å². The molecule has 7 heteroatoms. The first-order valence-corrected chi connectivity index (χ1v) is 11.9. The number of aromatic hydroxyl groups is 1. The number of amides is 1. The molecule has 0 saturated heterocycles. The third-order valence-corrected chi connectivity index (χ3v) is 6.94. The molecule has 1 fully saturated rings. The van der Waals surface area contributed by atoms with Gasteiger partial charge in [0.15, 0.2) is 0 Å². The monoisotopic (exact) mass is 448 g/mol. The Labute approximate surface area is 194 Å². The molecule has 2 heterocycles. The van der Waals surface area contributed by atoms with E-state index in [9.17, 15) is 9.90 Å². The minimum absolute atomic E-state index is 0.00719. The second-order valence-electron chi connectivity index (χ2n) is 9.68. The molecule has 3 aromatic rings. The molecule has 1 amide bonds. The summed E-state index contributed by atoms with van der Waals surface area (Å²) in [5.74, 6) is 1.32. The predicted octanol–water partition coefficient (Wildman–Crippen LogP) is 4.10. The Morgan fingerprint density at radius 1 is 1.18 bits per heavy atom. The molecule has 33 heavy (non-hydrogen) atoms. The number of nitrogens with one attached hydrogen (secondary N) is 1. The van der Waals surface area contributed by atoms with Crippen LogP contribution in [0.15, 0.2) is 30.3 Å². The summed E-state index contributed by atoms with van der Waals surface area (Å²) < 4.78 is 5.85.